The van der Waals surface area contributed by atoms with Gasteiger partial charge in [0, 0.05) is 10.0 Å². The van der Waals surface area contributed by atoms with Crippen molar-refractivity contribution in [2.45, 2.75) is 39.7 Å². The van der Waals surface area contributed by atoms with Crippen molar-refractivity contribution >= 4 is 27.8 Å². The SMILES string of the molecule is CCCCOC(=O)C(NC(=O)c1cccc(Br)c1)C(C)C. The van der Waals surface area contributed by atoms with Gasteiger partial charge in [0.2, 0.25) is 0 Å². The van der Waals surface area contributed by atoms with E-state index in [1.54, 1.807) is 18.2 Å². The normalized spacial score (nSPS) is 12.0. The Bertz CT molecular complexity index is 488. The summed E-state index contributed by atoms with van der Waals surface area (Å²) in [6, 6.07) is 6.42. The Hall–Kier alpha value is -1.36. The quantitative estimate of drug-likeness (QED) is 0.601. The summed E-state index contributed by atoms with van der Waals surface area (Å²) in [6.45, 7) is 6.19. The lowest BCUT2D eigenvalue weighted by Crippen LogP contribution is -2.45. The van der Waals surface area contributed by atoms with Gasteiger partial charge in [0.1, 0.15) is 6.04 Å². The first-order valence-electron chi connectivity index (χ1n) is 7.18. The Morgan fingerprint density at radius 1 is 1.33 bits per heavy atom. The molecule has 1 rings (SSSR count). The minimum Gasteiger partial charge on any atom is -0.464 e. The maximum Gasteiger partial charge on any atom is 0.328 e. The summed E-state index contributed by atoms with van der Waals surface area (Å²) in [6.07, 6.45) is 1.79. The molecule has 4 nitrogen and oxygen atoms in total. The van der Waals surface area contributed by atoms with Gasteiger partial charge in [0.05, 0.1) is 6.61 Å². The van der Waals surface area contributed by atoms with E-state index in [0.717, 1.165) is 17.3 Å². The van der Waals surface area contributed by atoms with Crippen LogP contribution in [0.15, 0.2) is 28.7 Å². The molecule has 0 spiro atoms. The highest BCUT2D eigenvalue weighted by molar-refractivity contribution is 9.10. The third-order valence-electron chi connectivity index (χ3n) is 3.04. The fraction of sp³-hybridized carbons (Fsp3) is 0.500. The first-order valence-corrected chi connectivity index (χ1v) is 7.98. The predicted molar refractivity (Wildman–Crippen MR) is 86.1 cm³/mol. The van der Waals surface area contributed by atoms with Crippen LogP contribution in [0.2, 0.25) is 0 Å². The highest BCUT2D eigenvalue weighted by atomic mass is 79.9. The molecule has 0 heterocycles. The van der Waals surface area contributed by atoms with Crippen molar-refractivity contribution in [1.29, 1.82) is 0 Å². The Balaban J connectivity index is 2.69. The van der Waals surface area contributed by atoms with E-state index in [2.05, 4.69) is 21.2 Å². The molecule has 1 N–H and O–H groups in total. The molecule has 0 aliphatic rings. The van der Waals surface area contributed by atoms with Crippen molar-refractivity contribution in [3.05, 3.63) is 34.3 Å². The van der Waals surface area contributed by atoms with E-state index in [1.807, 2.05) is 26.8 Å². The summed E-state index contributed by atoms with van der Waals surface area (Å²) < 4.78 is 6.02. The number of esters is 1. The minimum atomic E-state index is -0.631. The number of hydrogen-bond donors (Lipinski definition) is 1. The molecule has 0 aliphatic heterocycles. The monoisotopic (exact) mass is 355 g/mol. The molecule has 0 saturated carbocycles. The van der Waals surface area contributed by atoms with Gasteiger partial charge in [0.15, 0.2) is 0 Å². The van der Waals surface area contributed by atoms with Gasteiger partial charge in [-0.1, -0.05) is 49.2 Å². The Kier molecular flexibility index (Phi) is 7.43. The number of benzene rings is 1. The molecule has 0 aromatic heterocycles. The molecule has 1 aromatic carbocycles. The van der Waals surface area contributed by atoms with E-state index >= 15 is 0 Å². The maximum absolute atomic E-state index is 12.2. The van der Waals surface area contributed by atoms with E-state index in [4.69, 9.17) is 4.74 Å². The third kappa shape index (κ3) is 5.87. The molecule has 1 atom stereocenters. The number of carbonyl (C=O) groups is 2. The van der Waals surface area contributed by atoms with Gasteiger partial charge < -0.3 is 10.1 Å². The topological polar surface area (TPSA) is 55.4 Å². The summed E-state index contributed by atoms with van der Waals surface area (Å²) in [5, 5.41) is 2.75. The molecule has 0 saturated heterocycles. The second-order valence-electron chi connectivity index (χ2n) is 5.23. The van der Waals surface area contributed by atoms with Gasteiger partial charge in [-0.2, -0.15) is 0 Å². The van der Waals surface area contributed by atoms with Gasteiger partial charge in [-0.25, -0.2) is 4.79 Å². The van der Waals surface area contributed by atoms with Crippen LogP contribution in [0, 0.1) is 5.92 Å². The number of halogens is 1. The smallest absolute Gasteiger partial charge is 0.328 e. The number of hydrogen-bond acceptors (Lipinski definition) is 3. The molecule has 21 heavy (non-hydrogen) atoms. The van der Waals surface area contributed by atoms with Gasteiger partial charge in [-0.15, -0.1) is 0 Å². The first kappa shape index (κ1) is 17.7. The molecule has 116 valence electrons. The van der Waals surface area contributed by atoms with Gasteiger partial charge in [-0.05, 0) is 30.5 Å². The summed E-state index contributed by atoms with van der Waals surface area (Å²) in [7, 11) is 0. The van der Waals surface area contributed by atoms with Crippen molar-refractivity contribution in [1.82, 2.24) is 5.32 Å². The summed E-state index contributed by atoms with van der Waals surface area (Å²) in [5.41, 5.74) is 0.511. The second-order valence-corrected chi connectivity index (χ2v) is 6.14. The number of amides is 1. The first-order chi connectivity index (χ1) is 9.95. The molecule has 1 amide bonds. The molecule has 1 unspecified atom stereocenters. The van der Waals surface area contributed by atoms with Crippen molar-refractivity contribution in [2.24, 2.45) is 5.92 Å². The number of nitrogens with one attached hydrogen (secondary N) is 1. The average Bonchev–Trinajstić information content (AvgIpc) is 2.44. The zero-order valence-corrected chi connectivity index (χ0v) is 14.3. The highest BCUT2D eigenvalue weighted by Gasteiger charge is 2.26. The molecule has 0 bridgehead atoms. The van der Waals surface area contributed by atoms with Crippen molar-refractivity contribution in [3.63, 3.8) is 0 Å². The van der Waals surface area contributed by atoms with Crippen LogP contribution < -0.4 is 5.32 Å². The fourth-order valence-electron chi connectivity index (χ4n) is 1.76. The Labute approximate surface area is 134 Å². The lowest BCUT2D eigenvalue weighted by atomic mass is 10.0. The van der Waals surface area contributed by atoms with Crippen LogP contribution in [0.5, 0.6) is 0 Å². The van der Waals surface area contributed by atoms with Crippen LogP contribution in [0.1, 0.15) is 44.0 Å². The molecule has 0 fully saturated rings. The molecule has 1 aromatic rings. The molecular formula is C16H22BrNO3. The van der Waals surface area contributed by atoms with Crippen LogP contribution in [0.25, 0.3) is 0 Å². The zero-order valence-electron chi connectivity index (χ0n) is 12.7. The van der Waals surface area contributed by atoms with E-state index in [0.29, 0.717) is 12.2 Å². The van der Waals surface area contributed by atoms with E-state index in [-0.39, 0.29) is 17.8 Å². The second kappa shape index (κ2) is 8.82. The highest BCUT2D eigenvalue weighted by Crippen LogP contribution is 2.13. The van der Waals surface area contributed by atoms with Crippen molar-refractivity contribution < 1.29 is 14.3 Å². The van der Waals surface area contributed by atoms with Crippen molar-refractivity contribution in [3.8, 4) is 0 Å². The maximum atomic E-state index is 12.2. The van der Waals surface area contributed by atoms with Crippen LogP contribution >= 0.6 is 15.9 Å². The number of unbranched alkanes of at least 4 members (excludes halogenated alkanes) is 1. The summed E-state index contributed by atoms with van der Waals surface area (Å²) in [5.74, 6) is -0.681. The van der Waals surface area contributed by atoms with Gasteiger partial charge >= 0.3 is 5.97 Å². The fourth-order valence-corrected chi connectivity index (χ4v) is 2.16. The van der Waals surface area contributed by atoms with Gasteiger partial charge in [0.25, 0.3) is 5.91 Å². The summed E-state index contributed by atoms with van der Waals surface area (Å²) >= 11 is 3.33. The Morgan fingerprint density at radius 3 is 2.62 bits per heavy atom. The van der Waals surface area contributed by atoms with Crippen LogP contribution in [0.4, 0.5) is 0 Å². The van der Waals surface area contributed by atoms with Crippen LogP contribution in [-0.4, -0.2) is 24.5 Å². The Morgan fingerprint density at radius 2 is 2.05 bits per heavy atom. The standard InChI is InChI=1S/C16H22BrNO3/c1-4-5-9-21-16(20)14(11(2)3)18-15(19)12-7-6-8-13(17)10-12/h6-8,10-11,14H,4-5,9H2,1-3H3,(H,18,19). The molecule has 5 heteroatoms. The van der Waals surface area contributed by atoms with Gasteiger partial charge in [-0.3, -0.25) is 4.79 Å². The summed E-state index contributed by atoms with van der Waals surface area (Å²) in [4.78, 5) is 24.3. The predicted octanol–water partition coefficient (Wildman–Crippen LogP) is 3.55. The van der Waals surface area contributed by atoms with E-state index in [9.17, 15) is 9.59 Å². The van der Waals surface area contributed by atoms with Crippen LogP contribution in [0.3, 0.4) is 0 Å². The zero-order chi connectivity index (χ0) is 15.8. The molecule has 0 radical (unpaired) electrons. The van der Waals surface area contributed by atoms with Crippen LogP contribution in [-0.2, 0) is 9.53 Å². The molecule has 0 aliphatic carbocycles. The van der Waals surface area contributed by atoms with Crippen molar-refractivity contribution in [2.75, 3.05) is 6.61 Å². The number of carbonyl (C=O) groups excluding carboxylic acids is 2. The lowest BCUT2D eigenvalue weighted by Gasteiger charge is -2.21. The van der Waals surface area contributed by atoms with E-state index in [1.165, 1.54) is 0 Å². The number of rotatable bonds is 7. The largest absolute Gasteiger partial charge is 0.464 e. The van der Waals surface area contributed by atoms with E-state index < -0.39 is 6.04 Å². The minimum absolute atomic E-state index is 0.0322. The number of ether oxygens (including phenoxy) is 1. The lowest BCUT2D eigenvalue weighted by molar-refractivity contribution is -0.147. The average molecular weight is 356 g/mol. The third-order valence-corrected chi connectivity index (χ3v) is 3.53. The molecular weight excluding hydrogens is 334 g/mol.